The highest BCUT2D eigenvalue weighted by molar-refractivity contribution is 6.02. The molecule has 1 atom stereocenters. The fourth-order valence-corrected chi connectivity index (χ4v) is 2.35. The second-order valence-corrected chi connectivity index (χ2v) is 5.26. The minimum Gasteiger partial charge on any atom is -0.384 e. The number of pyridine rings is 1. The van der Waals surface area contributed by atoms with Gasteiger partial charge in [0.05, 0.1) is 11.3 Å². The second kappa shape index (κ2) is 6.56. The smallest absolute Gasteiger partial charge is 0.258 e. The van der Waals surface area contributed by atoms with Crippen molar-refractivity contribution in [3.05, 3.63) is 23.5 Å². The van der Waals surface area contributed by atoms with Crippen molar-refractivity contribution in [1.82, 2.24) is 15.2 Å². The van der Waals surface area contributed by atoms with Gasteiger partial charge in [-0.1, -0.05) is 6.92 Å². The molecule has 0 radical (unpaired) electrons. The van der Waals surface area contributed by atoms with E-state index in [1.807, 2.05) is 13.0 Å². The summed E-state index contributed by atoms with van der Waals surface area (Å²) >= 11 is 0. The maximum atomic E-state index is 12.7. The molecule has 2 heterocycles. The van der Waals surface area contributed by atoms with E-state index in [9.17, 15) is 9.59 Å². The van der Waals surface area contributed by atoms with Crippen molar-refractivity contribution in [3.63, 3.8) is 0 Å². The quantitative estimate of drug-likeness (QED) is 0.873. The zero-order chi connectivity index (χ0) is 15.4. The van der Waals surface area contributed by atoms with Crippen LogP contribution in [-0.2, 0) is 4.79 Å². The molecule has 0 saturated carbocycles. The first kappa shape index (κ1) is 15.3. The van der Waals surface area contributed by atoms with Crippen LogP contribution in [0, 0.1) is 6.92 Å². The van der Waals surface area contributed by atoms with Gasteiger partial charge in [0, 0.05) is 31.5 Å². The number of anilines is 1. The van der Waals surface area contributed by atoms with E-state index in [0.29, 0.717) is 18.7 Å². The van der Waals surface area contributed by atoms with Crippen LogP contribution in [0.25, 0.3) is 0 Å². The van der Waals surface area contributed by atoms with Crippen LogP contribution < -0.4 is 10.6 Å². The number of aryl methyl sites for hydroxylation is 1. The summed E-state index contributed by atoms with van der Waals surface area (Å²) in [7, 11) is 0. The minimum atomic E-state index is -0.452. The Morgan fingerprint density at radius 3 is 3.05 bits per heavy atom. The number of nitrogens with zero attached hydrogens (tertiary/aromatic N) is 2. The van der Waals surface area contributed by atoms with Gasteiger partial charge >= 0.3 is 0 Å². The SMILES string of the molecule is CCCNc1cc(C)ncc1C(=O)N1CCNC(=O)C1C. The number of carbonyl (C=O) groups is 2. The van der Waals surface area contributed by atoms with Gasteiger partial charge in [0.2, 0.25) is 5.91 Å². The Labute approximate surface area is 124 Å². The maximum Gasteiger partial charge on any atom is 0.258 e. The summed E-state index contributed by atoms with van der Waals surface area (Å²) in [5.41, 5.74) is 2.16. The Hall–Kier alpha value is -2.11. The van der Waals surface area contributed by atoms with Gasteiger partial charge in [0.25, 0.3) is 5.91 Å². The maximum absolute atomic E-state index is 12.7. The Morgan fingerprint density at radius 1 is 1.57 bits per heavy atom. The first-order valence-electron chi connectivity index (χ1n) is 7.33. The van der Waals surface area contributed by atoms with Gasteiger partial charge in [-0.3, -0.25) is 14.6 Å². The Kier molecular flexibility index (Phi) is 4.77. The zero-order valence-corrected chi connectivity index (χ0v) is 12.8. The third-order valence-electron chi connectivity index (χ3n) is 3.60. The predicted octanol–water partition coefficient (Wildman–Crippen LogP) is 1.17. The average molecular weight is 290 g/mol. The Bertz CT molecular complexity index is 544. The van der Waals surface area contributed by atoms with Gasteiger partial charge in [-0.2, -0.15) is 0 Å². The molecule has 1 aromatic heterocycles. The van der Waals surface area contributed by atoms with Crippen LogP contribution in [0.2, 0.25) is 0 Å². The van der Waals surface area contributed by atoms with Crippen molar-refractivity contribution < 1.29 is 9.59 Å². The summed E-state index contributed by atoms with van der Waals surface area (Å²) < 4.78 is 0. The molecule has 6 nitrogen and oxygen atoms in total. The normalized spacial score (nSPS) is 18.3. The van der Waals surface area contributed by atoms with E-state index in [0.717, 1.165) is 24.3 Å². The van der Waals surface area contributed by atoms with Gasteiger partial charge in [-0.25, -0.2) is 0 Å². The van der Waals surface area contributed by atoms with Crippen LogP contribution in [0.5, 0.6) is 0 Å². The molecular weight excluding hydrogens is 268 g/mol. The highest BCUT2D eigenvalue weighted by Gasteiger charge is 2.31. The largest absolute Gasteiger partial charge is 0.384 e. The molecule has 1 fully saturated rings. The molecule has 2 amide bonds. The topological polar surface area (TPSA) is 74.3 Å². The Balaban J connectivity index is 2.27. The molecule has 1 saturated heterocycles. The number of amides is 2. The van der Waals surface area contributed by atoms with E-state index in [1.54, 1.807) is 18.0 Å². The van der Waals surface area contributed by atoms with E-state index in [2.05, 4.69) is 22.5 Å². The lowest BCUT2D eigenvalue weighted by Crippen LogP contribution is -2.55. The summed E-state index contributed by atoms with van der Waals surface area (Å²) in [6.45, 7) is 7.51. The molecule has 1 aliphatic heterocycles. The number of nitrogens with one attached hydrogen (secondary N) is 2. The predicted molar refractivity (Wildman–Crippen MR) is 81.3 cm³/mol. The van der Waals surface area contributed by atoms with Crippen LogP contribution in [0.15, 0.2) is 12.3 Å². The first-order chi connectivity index (χ1) is 10.0. The lowest BCUT2D eigenvalue weighted by molar-refractivity contribution is -0.127. The molecule has 1 aliphatic rings. The molecule has 6 heteroatoms. The monoisotopic (exact) mass is 290 g/mol. The van der Waals surface area contributed by atoms with Gasteiger partial charge in [0.1, 0.15) is 6.04 Å². The highest BCUT2D eigenvalue weighted by atomic mass is 16.2. The van der Waals surface area contributed by atoms with Crippen molar-refractivity contribution in [3.8, 4) is 0 Å². The molecule has 2 N–H and O–H groups in total. The van der Waals surface area contributed by atoms with E-state index < -0.39 is 6.04 Å². The molecule has 0 bridgehead atoms. The van der Waals surface area contributed by atoms with E-state index in [4.69, 9.17) is 0 Å². The molecular formula is C15H22N4O2. The fraction of sp³-hybridized carbons (Fsp3) is 0.533. The van der Waals surface area contributed by atoms with Crippen molar-refractivity contribution >= 4 is 17.5 Å². The molecule has 1 aromatic rings. The standard InChI is InChI=1S/C15H22N4O2/c1-4-5-16-13-8-10(2)18-9-12(13)15(21)19-7-6-17-14(20)11(19)3/h8-9,11H,4-7H2,1-3H3,(H,16,18)(H,17,20). The number of rotatable bonds is 4. The number of piperazine rings is 1. The third kappa shape index (κ3) is 3.32. The zero-order valence-electron chi connectivity index (χ0n) is 12.8. The van der Waals surface area contributed by atoms with Crippen molar-refractivity contribution in [2.45, 2.75) is 33.2 Å². The summed E-state index contributed by atoms with van der Waals surface area (Å²) in [4.78, 5) is 30.3. The van der Waals surface area contributed by atoms with Crippen molar-refractivity contribution in [2.24, 2.45) is 0 Å². The van der Waals surface area contributed by atoms with Gasteiger partial charge < -0.3 is 15.5 Å². The fourth-order valence-electron chi connectivity index (χ4n) is 2.35. The van der Waals surface area contributed by atoms with Crippen LogP contribution in [0.3, 0.4) is 0 Å². The van der Waals surface area contributed by atoms with E-state index in [-0.39, 0.29) is 11.8 Å². The van der Waals surface area contributed by atoms with Crippen LogP contribution in [0.4, 0.5) is 5.69 Å². The molecule has 2 rings (SSSR count). The number of hydrogen-bond donors (Lipinski definition) is 2. The molecule has 1 unspecified atom stereocenters. The highest BCUT2D eigenvalue weighted by Crippen LogP contribution is 2.20. The number of hydrogen-bond acceptors (Lipinski definition) is 4. The van der Waals surface area contributed by atoms with Gasteiger partial charge in [-0.15, -0.1) is 0 Å². The van der Waals surface area contributed by atoms with E-state index in [1.165, 1.54) is 0 Å². The van der Waals surface area contributed by atoms with Gasteiger partial charge in [-0.05, 0) is 26.3 Å². The summed E-state index contributed by atoms with van der Waals surface area (Å²) in [5.74, 6) is -0.263. The average Bonchev–Trinajstić information content (AvgIpc) is 2.47. The molecule has 21 heavy (non-hydrogen) atoms. The van der Waals surface area contributed by atoms with Crippen molar-refractivity contribution in [1.29, 1.82) is 0 Å². The summed E-state index contributed by atoms with van der Waals surface area (Å²) in [6.07, 6.45) is 2.56. The lowest BCUT2D eigenvalue weighted by atomic mass is 10.1. The first-order valence-corrected chi connectivity index (χ1v) is 7.33. The van der Waals surface area contributed by atoms with Crippen molar-refractivity contribution in [2.75, 3.05) is 25.0 Å². The second-order valence-electron chi connectivity index (χ2n) is 5.26. The molecule has 114 valence electrons. The van der Waals surface area contributed by atoms with Crippen LogP contribution in [-0.4, -0.2) is 47.4 Å². The Morgan fingerprint density at radius 2 is 2.33 bits per heavy atom. The lowest BCUT2D eigenvalue weighted by Gasteiger charge is -2.33. The molecule has 0 spiro atoms. The van der Waals surface area contributed by atoms with Crippen LogP contribution in [0.1, 0.15) is 36.3 Å². The molecule has 0 aromatic carbocycles. The summed E-state index contributed by atoms with van der Waals surface area (Å²) in [5, 5.41) is 6.02. The van der Waals surface area contributed by atoms with E-state index >= 15 is 0 Å². The van der Waals surface area contributed by atoms with Crippen LogP contribution >= 0.6 is 0 Å². The number of aromatic nitrogens is 1. The summed E-state index contributed by atoms with van der Waals surface area (Å²) in [6, 6.07) is 1.42. The van der Waals surface area contributed by atoms with Gasteiger partial charge in [0.15, 0.2) is 0 Å². The minimum absolute atomic E-state index is 0.113. The molecule has 0 aliphatic carbocycles. The number of carbonyl (C=O) groups excluding carboxylic acids is 2. The third-order valence-corrected chi connectivity index (χ3v) is 3.60.